The van der Waals surface area contributed by atoms with Crippen LogP contribution in [0.25, 0.3) is 0 Å². The SMILES string of the molecule is OC(Cc1cc(F)ccc1Cl)C1OCCc2ccccc21. The summed E-state index contributed by atoms with van der Waals surface area (Å²) >= 11 is 6.06. The minimum absolute atomic E-state index is 0.260. The van der Waals surface area contributed by atoms with Gasteiger partial charge >= 0.3 is 0 Å². The van der Waals surface area contributed by atoms with Gasteiger partial charge in [-0.1, -0.05) is 35.9 Å². The highest BCUT2D eigenvalue weighted by Crippen LogP contribution is 2.32. The third-order valence-corrected chi connectivity index (χ3v) is 4.19. The minimum atomic E-state index is -0.759. The van der Waals surface area contributed by atoms with Gasteiger partial charge in [0.25, 0.3) is 0 Å². The van der Waals surface area contributed by atoms with E-state index in [-0.39, 0.29) is 12.2 Å². The van der Waals surface area contributed by atoms with Crippen molar-refractivity contribution in [3.63, 3.8) is 0 Å². The standard InChI is InChI=1S/C17H16ClFO2/c18-15-6-5-13(19)9-12(15)10-16(20)17-14-4-2-1-3-11(14)7-8-21-17/h1-6,9,16-17,20H,7-8,10H2. The molecule has 0 saturated carbocycles. The van der Waals surface area contributed by atoms with E-state index in [1.54, 1.807) is 0 Å². The van der Waals surface area contributed by atoms with E-state index in [0.29, 0.717) is 17.2 Å². The van der Waals surface area contributed by atoms with Crippen molar-refractivity contribution in [3.8, 4) is 0 Å². The number of aliphatic hydroxyl groups is 1. The summed E-state index contributed by atoms with van der Waals surface area (Å²) in [5, 5.41) is 10.9. The molecule has 1 aliphatic heterocycles. The van der Waals surface area contributed by atoms with Crippen LogP contribution in [0.15, 0.2) is 42.5 Å². The second-order valence-corrected chi connectivity index (χ2v) is 5.65. The molecule has 2 atom stereocenters. The average molecular weight is 307 g/mol. The first-order chi connectivity index (χ1) is 10.1. The molecule has 1 aliphatic rings. The first-order valence-electron chi connectivity index (χ1n) is 6.96. The molecule has 0 radical (unpaired) electrons. The molecule has 2 aromatic carbocycles. The van der Waals surface area contributed by atoms with E-state index in [1.165, 1.54) is 23.8 Å². The molecule has 2 aromatic rings. The molecular formula is C17H16ClFO2. The normalized spacial score (nSPS) is 19.1. The lowest BCUT2D eigenvalue weighted by Gasteiger charge is -2.30. The Labute approximate surface area is 128 Å². The third-order valence-electron chi connectivity index (χ3n) is 3.82. The molecule has 0 fully saturated rings. The second-order valence-electron chi connectivity index (χ2n) is 5.25. The van der Waals surface area contributed by atoms with Crippen molar-refractivity contribution in [2.45, 2.75) is 25.0 Å². The molecule has 4 heteroatoms. The molecule has 0 spiro atoms. The first-order valence-corrected chi connectivity index (χ1v) is 7.34. The quantitative estimate of drug-likeness (QED) is 0.937. The highest BCUT2D eigenvalue weighted by Gasteiger charge is 2.28. The topological polar surface area (TPSA) is 29.5 Å². The van der Waals surface area contributed by atoms with Gasteiger partial charge in [-0.2, -0.15) is 0 Å². The van der Waals surface area contributed by atoms with Crippen LogP contribution in [-0.4, -0.2) is 17.8 Å². The highest BCUT2D eigenvalue weighted by atomic mass is 35.5. The Bertz CT molecular complexity index is 644. The monoisotopic (exact) mass is 306 g/mol. The molecule has 1 heterocycles. The largest absolute Gasteiger partial charge is 0.390 e. The zero-order valence-corrected chi connectivity index (χ0v) is 12.2. The third kappa shape index (κ3) is 3.10. The Hall–Kier alpha value is -1.42. The number of halogens is 2. The summed E-state index contributed by atoms with van der Waals surface area (Å²) in [7, 11) is 0. The van der Waals surface area contributed by atoms with E-state index in [0.717, 1.165) is 12.0 Å². The molecule has 3 rings (SSSR count). The Balaban J connectivity index is 1.83. The van der Waals surface area contributed by atoms with Crippen LogP contribution in [-0.2, 0) is 17.6 Å². The number of rotatable bonds is 3. The maximum Gasteiger partial charge on any atom is 0.123 e. The predicted molar refractivity (Wildman–Crippen MR) is 80.0 cm³/mol. The van der Waals surface area contributed by atoms with E-state index >= 15 is 0 Å². The van der Waals surface area contributed by atoms with Crippen molar-refractivity contribution in [2.24, 2.45) is 0 Å². The van der Waals surface area contributed by atoms with Crippen LogP contribution in [0.3, 0.4) is 0 Å². The second kappa shape index (κ2) is 6.14. The summed E-state index contributed by atoms with van der Waals surface area (Å²) in [5.41, 5.74) is 2.79. The van der Waals surface area contributed by atoms with Crippen molar-refractivity contribution in [1.29, 1.82) is 0 Å². The highest BCUT2D eigenvalue weighted by molar-refractivity contribution is 6.31. The summed E-state index contributed by atoms with van der Waals surface area (Å²) in [6.45, 7) is 0.579. The van der Waals surface area contributed by atoms with Crippen molar-refractivity contribution in [2.75, 3.05) is 6.61 Å². The zero-order valence-electron chi connectivity index (χ0n) is 11.4. The Morgan fingerprint density at radius 3 is 2.95 bits per heavy atom. The van der Waals surface area contributed by atoms with Gasteiger partial charge in [-0.15, -0.1) is 0 Å². The van der Waals surface area contributed by atoms with Crippen LogP contribution in [0.4, 0.5) is 4.39 Å². The summed E-state index contributed by atoms with van der Waals surface area (Å²) in [6.07, 6.45) is -0.0459. The molecule has 0 bridgehead atoms. The van der Waals surface area contributed by atoms with Gasteiger partial charge in [0.05, 0.1) is 12.7 Å². The molecule has 0 amide bonds. The zero-order chi connectivity index (χ0) is 14.8. The fourth-order valence-corrected chi connectivity index (χ4v) is 2.97. The number of ether oxygens (including phenoxy) is 1. The number of hydrogen-bond acceptors (Lipinski definition) is 2. The summed E-state index contributed by atoms with van der Waals surface area (Å²) in [4.78, 5) is 0. The van der Waals surface area contributed by atoms with Gasteiger partial charge in [0.2, 0.25) is 0 Å². The number of hydrogen-bond donors (Lipinski definition) is 1. The van der Waals surface area contributed by atoms with Crippen LogP contribution < -0.4 is 0 Å². The number of benzene rings is 2. The van der Waals surface area contributed by atoms with Gasteiger partial charge in [-0.25, -0.2) is 4.39 Å². The maximum atomic E-state index is 13.3. The first kappa shape index (κ1) is 14.5. The molecule has 0 aromatic heterocycles. The van der Waals surface area contributed by atoms with Crippen molar-refractivity contribution in [3.05, 3.63) is 70.0 Å². The van der Waals surface area contributed by atoms with Crippen molar-refractivity contribution < 1.29 is 14.2 Å². The summed E-state index contributed by atoms with van der Waals surface area (Å²) in [5.74, 6) is -0.355. The predicted octanol–water partition coefficient (Wildman–Crippen LogP) is 3.70. The van der Waals surface area contributed by atoms with Crippen molar-refractivity contribution >= 4 is 11.6 Å². The molecular weight excluding hydrogens is 291 g/mol. The molecule has 2 nitrogen and oxygen atoms in total. The molecule has 21 heavy (non-hydrogen) atoms. The Kier molecular flexibility index (Phi) is 4.24. The molecule has 0 aliphatic carbocycles. The molecule has 1 N–H and O–H groups in total. The fourth-order valence-electron chi connectivity index (χ4n) is 2.78. The van der Waals surface area contributed by atoms with E-state index in [1.807, 2.05) is 24.3 Å². The minimum Gasteiger partial charge on any atom is -0.390 e. The van der Waals surface area contributed by atoms with Crippen LogP contribution in [0, 0.1) is 5.82 Å². The Morgan fingerprint density at radius 2 is 2.10 bits per heavy atom. The smallest absolute Gasteiger partial charge is 0.123 e. The Morgan fingerprint density at radius 1 is 1.29 bits per heavy atom. The van der Waals surface area contributed by atoms with Crippen LogP contribution in [0.2, 0.25) is 5.02 Å². The van der Waals surface area contributed by atoms with E-state index in [2.05, 4.69) is 0 Å². The number of fused-ring (bicyclic) bond motifs is 1. The summed E-state index contributed by atoms with van der Waals surface area (Å²) < 4.78 is 19.0. The van der Waals surface area contributed by atoms with Gasteiger partial charge in [-0.05, 0) is 41.3 Å². The van der Waals surface area contributed by atoms with E-state index in [4.69, 9.17) is 16.3 Å². The van der Waals surface area contributed by atoms with Crippen LogP contribution in [0.1, 0.15) is 22.8 Å². The fraction of sp³-hybridized carbons (Fsp3) is 0.294. The average Bonchev–Trinajstić information content (AvgIpc) is 2.50. The van der Waals surface area contributed by atoms with Gasteiger partial charge in [0.1, 0.15) is 11.9 Å². The lowest BCUT2D eigenvalue weighted by molar-refractivity contribution is -0.0460. The maximum absolute atomic E-state index is 13.3. The lowest BCUT2D eigenvalue weighted by atomic mass is 9.92. The molecule has 0 saturated heterocycles. The van der Waals surface area contributed by atoms with Gasteiger partial charge in [0.15, 0.2) is 0 Å². The van der Waals surface area contributed by atoms with Gasteiger partial charge in [-0.3, -0.25) is 0 Å². The van der Waals surface area contributed by atoms with Crippen molar-refractivity contribution in [1.82, 2.24) is 0 Å². The molecule has 2 unspecified atom stereocenters. The van der Waals surface area contributed by atoms with Gasteiger partial charge < -0.3 is 9.84 Å². The van der Waals surface area contributed by atoms with Gasteiger partial charge in [0, 0.05) is 11.4 Å². The lowest BCUT2D eigenvalue weighted by Crippen LogP contribution is -2.28. The van der Waals surface area contributed by atoms with Crippen LogP contribution in [0.5, 0.6) is 0 Å². The van der Waals surface area contributed by atoms with E-state index < -0.39 is 12.2 Å². The molecule has 110 valence electrons. The van der Waals surface area contributed by atoms with Crippen LogP contribution >= 0.6 is 11.6 Å². The summed E-state index contributed by atoms with van der Waals surface area (Å²) in [6, 6.07) is 12.1. The number of aliphatic hydroxyl groups excluding tert-OH is 1. The van der Waals surface area contributed by atoms with E-state index in [9.17, 15) is 9.50 Å².